The van der Waals surface area contributed by atoms with Crippen LogP contribution in [0.5, 0.6) is 0 Å². The fourth-order valence-electron chi connectivity index (χ4n) is 0.978. The lowest BCUT2D eigenvalue weighted by molar-refractivity contribution is -0.107. The quantitative estimate of drug-likeness (QED) is 0.352. The van der Waals surface area contributed by atoms with E-state index in [1.165, 1.54) is 5.57 Å². The summed E-state index contributed by atoms with van der Waals surface area (Å²) in [5, 5.41) is 0. The van der Waals surface area contributed by atoms with Crippen LogP contribution in [0, 0.1) is 0 Å². The highest BCUT2D eigenvalue weighted by molar-refractivity contribution is 5.49. The molecule has 14 heavy (non-hydrogen) atoms. The fraction of sp³-hybridized carbons (Fsp3) is 0.615. The number of aldehydes is 1. The minimum atomic E-state index is 0.654. The number of carbonyl (C=O) groups excluding carboxylic acids is 1. The normalized spacial score (nSPS) is 11.0. The number of rotatable bonds is 6. The maximum Gasteiger partial charge on any atom is 0.120 e. The third kappa shape index (κ3) is 13.7. The van der Waals surface area contributed by atoms with Gasteiger partial charge in [0, 0.05) is 6.42 Å². The topological polar surface area (TPSA) is 17.1 Å². The van der Waals surface area contributed by atoms with Crippen LogP contribution in [0.4, 0.5) is 0 Å². The van der Waals surface area contributed by atoms with Crippen molar-refractivity contribution in [1.29, 1.82) is 0 Å². The largest absolute Gasteiger partial charge is 0.303 e. The van der Waals surface area contributed by atoms with E-state index in [2.05, 4.69) is 25.2 Å². The summed E-state index contributed by atoms with van der Waals surface area (Å²) in [5.41, 5.74) is 1.38. The van der Waals surface area contributed by atoms with Gasteiger partial charge in [-0.3, -0.25) is 0 Å². The van der Waals surface area contributed by atoms with Crippen molar-refractivity contribution in [3.05, 3.63) is 23.8 Å². The number of hydrogen-bond acceptors (Lipinski definition) is 1. The van der Waals surface area contributed by atoms with E-state index in [4.69, 9.17) is 0 Å². The third-order valence-electron chi connectivity index (χ3n) is 1.72. The maximum atomic E-state index is 10.0. The molecule has 0 fully saturated rings. The summed E-state index contributed by atoms with van der Waals surface area (Å²) in [4.78, 5) is 10.0. The molecule has 1 heteroatoms. The van der Waals surface area contributed by atoms with Crippen LogP contribution in [0.15, 0.2) is 23.8 Å². The average molecular weight is 196 g/mol. The second-order valence-corrected chi connectivity index (χ2v) is 2.90. The lowest BCUT2D eigenvalue weighted by Crippen LogP contribution is -1.78. The summed E-state index contributed by atoms with van der Waals surface area (Å²) in [5.74, 6) is 0. The van der Waals surface area contributed by atoms with Gasteiger partial charge in [0.25, 0.3) is 0 Å². The number of unbranched alkanes of at least 4 members (excludes halogenated alkanes) is 1. The summed E-state index contributed by atoms with van der Waals surface area (Å²) in [7, 11) is 0. The van der Waals surface area contributed by atoms with Crippen LogP contribution in [0.2, 0.25) is 0 Å². The van der Waals surface area contributed by atoms with Gasteiger partial charge in [0.1, 0.15) is 6.29 Å². The van der Waals surface area contributed by atoms with Crippen molar-refractivity contribution in [3.63, 3.8) is 0 Å². The van der Waals surface area contributed by atoms with Gasteiger partial charge in [0.15, 0.2) is 0 Å². The summed E-state index contributed by atoms with van der Waals surface area (Å²) >= 11 is 0. The first-order chi connectivity index (χ1) is 6.81. The SMILES string of the molecule is CC.CC=CCCC(C)=CCCC=O. The Morgan fingerprint density at radius 1 is 1.14 bits per heavy atom. The predicted molar refractivity (Wildman–Crippen MR) is 64.5 cm³/mol. The summed E-state index contributed by atoms with van der Waals surface area (Å²) < 4.78 is 0. The van der Waals surface area contributed by atoms with E-state index >= 15 is 0 Å². The van der Waals surface area contributed by atoms with Crippen LogP contribution in [-0.4, -0.2) is 6.29 Å². The molecule has 0 aliphatic carbocycles. The van der Waals surface area contributed by atoms with Gasteiger partial charge in [-0.25, -0.2) is 0 Å². The van der Waals surface area contributed by atoms with Gasteiger partial charge in [0.2, 0.25) is 0 Å². The number of hydrogen-bond donors (Lipinski definition) is 0. The molecule has 0 bridgehead atoms. The highest BCUT2D eigenvalue weighted by Crippen LogP contribution is 2.06. The van der Waals surface area contributed by atoms with Crippen LogP contribution in [0.3, 0.4) is 0 Å². The van der Waals surface area contributed by atoms with Crippen molar-refractivity contribution in [2.75, 3.05) is 0 Å². The Morgan fingerprint density at radius 2 is 1.79 bits per heavy atom. The maximum absolute atomic E-state index is 10.0. The Kier molecular flexibility index (Phi) is 16.4. The van der Waals surface area contributed by atoms with E-state index in [1.807, 2.05) is 20.8 Å². The Balaban J connectivity index is 0. The highest BCUT2D eigenvalue weighted by atomic mass is 16.1. The van der Waals surface area contributed by atoms with Crippen molar-refractivity contribution in [1.82, 2.24) is 0 Å². The van der Waals surface area contributed by atoms with Gasteiger partial charge >= 0.3 is 0 Å². The minimum absolute atomic E-state index is 0.654. The standard InChI is InChI=1S/C11H18O.C2H6/c1-3-4-5-8-11(2)9-6-7-10-12;1-2/h3-4,9-10H,5-8H2,1-2H3;1-2H3. The molecular weight excluding hydrogens is 172 g/mol. The van der Waals surface area contributed by atoms with Crippen LogP contribution >= 0.6 is 0 Å². The molecule has 0 heterocycles. The molecule has 0 aromatic carbocycles. The Labute approximate surface area is 88.9 Å². The van der Waals surface area contributed by atoms with Gasteiger partial charge in [-0.1, -0.05) is 37.6 Å². The van der Waals surface area contributed by atoms with Gasteiger partial charge in [0.05, 0.1) is 0 Å². The van der Waals surface area contributed by atoms with Crippen molar-refractivity contribution in [3.8, 4) is 0 Å². The molecule has 0 amide bonds. The molecule has 82 valence electrons. The summed E-state index contributed by atoms with van der Waals surface area (Å²) in [6.07, 6.45) is 11.1. The Morgan fingerprint density at radius 3 is 2.29 bits per heavy atom. The molecule has 0 aromatic heterocycles. The monoisotopic (exact) mass is 196 g/mol. The zero-order valence-corrected chi connectivity index (χ0v) is 10.0. The van der Waals surface area contributed by atoms with E-state index < -0.39 is 0 Å². The van der Waals surface area contributed by atoms with E-state index in [1.54, 1.807) is 0 Å². The van der Waals surface area contributed by atoms with E-state index in [0.717, 1.165) is 25.5 Å². The first-order valence-corrected chi connectivity index (χ1v) is 5.51. The van der Waals surface area contributed by atoms with Gasteiger partial charge in [-0.05, 0) is 33.1 Å². The molecule has 0 atom stereocenters. The molecule has 1 nitrogen and oxygen atoms in total. The third-order valence-corrected chi connectivity index (χ3v) is 1.72. The average Bonchev–Trinajstić information content (AvgIpc) is 2.22. The van der Waals surface area contributed by atoms with E-state index in [-0.39, 0.29) is 0 Å². The summed E-state index contributed by atoms with van der Waals surface area (Å²) in [6.45, 7) is 8.15. The molecule has 0 radical (unpaired) electrons. The zero-order valence-electron chi connectivity index (χ0n) is 10.0. The molecule has 0 aliphatic rings. The first kappa shape index (κ1) is 15.6. The fourth-order valence-corrected chi connectivity index (χ4v) is 0.978. The second kappa shape index (κ2) is 14.7. The smallest absolute Gasteiger partial charge is 0.120 e. The second-order valence-electron chi connectivity index (χ2n) is 2.90. The Bertz CT molecular complexity index is 166. The first-order valence-electron chi connectivity index (χ1n) is 5.51. The van der Waals surface area contributed by atoms with Crippen molar-refractivity contribution in [2.24, 2.45) is 0 Å². The summed E-state index contributed by atoms with van der Waals surface area (Å²) in [6, 6.07) is 0. The van der Waals surface area contributed by atoms with E-state index in [9.17, 15) is 4.79 Å². The minimum Gasteiger partial charge on any atom is -0.303 e. The molecule has 0 unspecified atom stereocenters. The van der Waals surface area contributed by atoms with Gasteiger partial charge < -0.3 is 4.79 Å². The highest BCUT2D eigenvalue weighted by Gasteiger charge is 1.87. The molecule has 0 spiro atoms. The predicted octanol–water partition coefficient (Wildman–Crippen LogP) is 4.29. The molecular formula is C13H24O. The molecule has 0 saturated heterocycles. The molecule has 0 saturated carbocycles. The van der Waals surface area contributed by atoms with Crippen LogP contribution in [0.25, 0.3) is 0 Å². The molecule has 0 aromatic rings. The number of carbonyl (C=O) groups is 1. The van der Waals surface area contributed by atoms with E-state index in [0.29, 0.717) is 6.42 Å². The molecule has 0 rings (SSSR count). The van der Waals surface area contributed by atoms with Crippen molar-refractivity contribution in [2.45, 2.75) is 53.4 Å². The van der Waals surface area contributed by atoms with Crippen LogP contribution in [-0.2, 0) is 4.79 Å². The zero-order chi connectivity index (χ0) is 11.2. The van der Waals surface area contributed by atoms with Crippen LogP contribution in [0.1, 0.15) is 53.4 Å². The van der Waals surface area contributed by atoms with Crippen molar-refractivity contribution < 1.29 is 4.79 Å². The van der Waals surface area contributed by atoms with Gasteiger partial charge in [-0.15, -0.1) is 0 Å². The Hall–Kier alpha value is -0.850. The molecule has 0 N–H and O–H groups in total. The van der Waals surface area contributed by atoms with Crippen molar-refractivity contribution >= 4 is 6.29 Å². The molecule has 0 aliphatic heterocycles. The lowest BCUT2D eigenvalue weighted by atomic mass is 10.1. The lowest BCUT2D eigenvalue weighted by Gasteiger charge is -1.96. The number of allylic oxidation sites excluding steroid dienone is 4. The van der Waals surface area contributed by atoms with Crippen LogP contribution < -0.4 is 0 Å². The van der Waals surface area contributed by atoms with Gasteiger partial charge in [-0.2, -0.15) is 0 Å².